The van der Waals surface area contributed by atoms with Crippen molar-refractivity contribution in [2.24, 2.45) is 5.73 Å². The highest BCUT2D eigenvalue weighted by molar-refractivity contribution is 9.10. The molecule has 0 radical (unpaired) electrons. The highest BCUT2D eigenvalue weighted by Crippen LogP contribution is 2.39. The van der Waals surface area contributed by atoms with Crippen LogP contribution < -0.4 is 10.5 Å². The fourth-order valence-corrected chi connectivity index (χ4v) is 2.84. The summed E-state index contributed by atoms with van der Waals surface area (Å²) in [6.07, 6.45) is 0. The van der Waals surface area contributed by atoms with Crippen molar-refractivity contribution in [3.05, 3.63) is 26.7 Å². The Morgan fingerprint density at radius 1 is 1.11 bits per heavy atom. The number of halogens is 1. The maximum atomic E-state index is 5.87. The van der Waals surface area contributed by atoms with Crippen LogP contribution in [-0.2, 0) is 4.74 Å². The molecule has 1 aromatic rings. The summed E-state index contributed by atoms with van der Waals surface area (Å²) < 4.78 is 12.0. The molecule has 102 valence electrons. The van der Waals surface area contributed by atoms with Gasteiger partial charge in [0.1, 0.15) is 5.75 Å². The summed E-state index contributed by atoms with van der Waals surface area (Å²) in [6.45, 7) is 7.39. The van der Waals surface area contributed by atoms with E-state index < -0.39 is 0 Å². The van der Waals surface area contributed by atoms with E-state index >= 15 is 0 Å². The van der Waals surface area contributed by atoms with E-state index in [1.807, 2.05) is 0 Å². The molecule has 0 heterocycles. The lowest BCUT2D eigenvalue weighted by Gasteiger charge is -2.24. The van der Waals surface area contributed by atoms with Gasteiger partial charge in [-0.05, 0) is 37.5 Å². The van der Waals surface area contributed by atoms with Gasteiger partial charge in [-0.2, -0.15) is 0 Å². The molecule has 0 saturated heterocycles. The SMILES string of the molecule is COCC(CN)c1c(C)c(Br)c(C)c(C)c1OC. The van der Waals surface area contributed by atoms with Crippen LogP contribution in [0.2, 0.25) is 0 Å². The minimum Gasteiger partial charge on any atom is -0.496 e. The molecule has 0 aliphatic carbocycles. The molecule has 0 amide bonds. The number of nitrogens with two attached hydrogens (primary N) is 1. The molecular formula is C14H22BrNO2. The molecule has 0 aliphatic rings. The maximum Gasteiger partial charge on any atom is 0.125 e. The molecule has 1 atom stereocenters. The second-order valence-electron chi connectivity index (χ2n) is 4.52. The molecule has 0 aliphatic heterocycles. The van der Waals surface area contributed by atoms with Gasteiger partial charge < -0.3 is 15.2 Å². The first-order chi connectivity index (χ1) is 8.49. The number of methoxy groups -OCH3 is 2. The molecule has 1 unspecified atom stereocenters. The minimum atomic E-state index is 0.153. The summed E-state index contributed by atoms with van der Waals surface area (Å²) in [4.78, 5) is 0. The zero-order valence-corrected chi connectivity index (χ0v) is 13.3. The zero-order valence-electron chi connectivity index (χ0n) is 11.8. The molecule has 3 nitrogen and oxygen atoms in total. The number of benzene rings is 1. The fourth-order valence-electron chi connectivity index (χ4n) is 2.33. The second kappa shape index (κ2) is 6.55. The molecule has 0 aromatic heterocycles. The van der Waals surface area contributed by atoms with Gasteiger partial charge in [-0.1, -0.05) is 15.9 Å². The van der Waals surface area contributed by atoms with Crippen molar-refractivity contribution in [1.29, 1.82) is 0 Å². The van der Waals surface area contributed by atoms with E-state index in [9.17, 15) is 0 Å². The van der Waals surface area contributed by atoms with Crippen molar-refractivity contribution >= 4 is 15.9 Å². The number of hydrogen-bond acceptors (Lipinski definition) is 3. The summed E-state index contributed by atoms with van der Waals surface area (Å²) in [7, 11) is 3.40. The monoisotopic (exact) mass is 315 g/mol. The van der Waals surface area contributed by atoms with Crippen LogP contribution in [0.3, 0.4) is 0 Å². The summed E-state index contributed by atoms with van der Waals surface area (Å²) in [5, 5.41) is 0. The van der Waals surface area contributed by atoms with Gasteiger partial charge in [-0.25, -0.2) is 0 Å². The normalized spacial score (nSPS) is 12.6. The Kier molecular flexibility index (Phi) is 5.63. The van der Waals surface area contributed by atoms with Crippen molar-refractivity contribution in [2.45, 2.75) is 26.7 Å². The Morgan fingerprint density at radius 3 is 2.17 bits per heavy atom. The van der Waals surface area contributed by atoms with E-state index in [0.29, 0.717) is 13.2 Å². The third-order valence-corrected chi connectivity index (χ3v) is 4.66. The number of ether oxygens (including phenoxy) is 2. The van der Waals surface area contributed by atoms with Gasteiger partial charge in [0.2, 0.25) is 0 Å². The van der Waals surface area contributed by atoms with Gasteiger partial charge >= 0.3 is 0 Å². The van der Waals surface area contributed by atoms with Crippen LogP contribution in [0.15, 0.2) is 4.47 Å². The molecule has 0 fully saturated rings. The highest BCUT2D eigenvalue weighted by Gasteiger charge is 2.22. The predicted molar refractivity (Wildman–Crippen MR) is 78.6 cm³/mol. The first-order valence-corrected chi connectivity index (χ1v) is 6.80. The zero-order chi connectivity index (χ0) is 13.9. The quantitative estimate of drug-likeness (QED) is 0.908. The lowest BCUT2D eigenvalue weighted by Crippen LogP contribution is -2.20. The van der Waals surface area contributed by atoms with E-state index in [1.54, 1.807) is 14.2 Å². The van der Waals surface area contributed by atoms with Crippen LogP contribution in [0, 0.1) is 20.8 Å². The van der Waals surface area contributed by atoms with Crippen LogP contribution in [0.5, 0.6) is 5.75 Å². The molecule has 1 aromatic carbocycles. The predicted octanol–water partition coefficient (Wildman–Crippen LogP) is 3.07. The third-order valence-electron chi connectivity index (χ3n) is 3.47. The summed E-state index contributed by atoms with van der Waals surface area (Å²) in [5.74, 6) is 1.08. The van der Waals surface area contributed by atoms with E-state index in [1.165, 1.54) is 11.1 Å². The molecule has 0 bridgehead atoms. The van der Waals surface area contributed by atoms with Crippen molar-refractivity contribution < 1.29 is 9.47 Å². The van der Waals surface area contributed by atoms with Gasteiger partial charge in [0.15, 0.2) is 0 Å². The largest absolute Gasteiger partial charge is 0.496 e. The maximum absolute atomic E-state index is 5.87. The third kappa shape index (κ3) is 2.71. The smallest absolute Gasteiger partial charge is 0.125 e. The fraction of sp³-hybridized carbons (Fsp3) is 0.571. The van der Waals surface area contributed by atoms with Crippen LogP contribution in [0.1, 0.15) is 28.2 Å². The minimum absolute atomic E-state index is 0.153. The molecule has 18 heavy (non-hydrogen) atoms. The first-order valence-electron chi connectivity index (χ1n) is 6.01. The van der Waals surface area contributed by atoms with Gasteiger partial charge in [-0.15, -0.1) is 0 Å². The molecule has 0 saturated carbocycles. The lowest BCUT2D eigenvalue weighted by atomic mass is 9.90. The standard InChI is InChI=1S/C14H22BrNO2/c1-8-9(2)14(18-5)12(10(3)13(8)15)11(6-16)7-17-4/h11H,6-7,16H2,1-5H3. The van der Waals surface area contributed by atoms with Gasteiger partial charge in [0.05, 0.1) is 13.7 Å². The van der Waals surface area contributed by atoms with Crippen molar-refractivity contribution in [1.82, 2.24) is 0 Å². The molecule has 0 spiro atoms. The van der Waals surface area contributed by atoms with Crippen molar-refractivity contribution in [3.63, 3.8) is 0 Å². The Labute approximate surface area is 118 Å². The summed E-state index contributed by atoms with van der Waals surface area (Å²) in [6, 6.07) is 0. The first kappa shape index (κ1) is 15.5. The molecule has 1 rings (SSSR count). The van der Waals surface area contributed by atoms with Crippen LogP contribution in [0.25, 0.3) is 0 Å². The Balaban J connectivity index is 3.49. The summed E-state index contributed by atoms with van der Waals surface area (Å²) >= 11 is 3.66. The average molecular weight is 316 g/mol. The van der Waals surface area contributed by atoms with E-state index in [0.717, 1.165) is 21.3 Å². The van der Waals surface area contributed by atoms with Crippen molar-refractivity contribution in [2.75, 3.05) is 27.4 Å². The Bertz CT molecular complexity index is 433. The number of hydrogen-bond donors (Lipinski definition) is 1. The van der Waals surface area contributed by atoms with Crippen molar-refractivity contribution in [3.8, 4) is 5.75 Å². The van der Waals surface area contributed by atoms with Gasteiger partial charge in [-0.3, -0.25) is 0 Å². The van der Waals surface area contributed by atoms with E-state index in [2.05, 4.69) is 36.7 Å². The number of rotatable bonds is 5. The van der Waals surface area contributed by atoms with Gasteiger partial charge in [0, 0.05) is 29.6 Å². The Morgan fingerprint density at radius 2 is 1.72 bits per heavy atom. The summed E-state index contributed by atoms with van der Waals surface area (Å²) in [5.41, 5.74) is 10.6. The molecule has 2 N–H and O–H groups in total. The van der Waals surface area contributed by atoms with Crippen LogP contribution in [-0.4, -0.2) is 27.4 Å². The lowest BCUT2D eigenvalue weighted by molar-refractivity contribution is 0.179. The molecular weight excluding hydrogens is 294 g/mol. The second-order valence-corrected chi connectivity index (χ2v) is 5.32. The van der Waals surface area contributed by atoms with E-state index in [4.69, 9.17) is 15.2 Å². The average Bonchev–Trinajstić information content (AvgIpc) is 2.38. The van der Waals surface area contributed by atoms with Crippen LogP contribution >= 0.6 is 15.9 Å². The highest BCUT2D eigenvalue weighted by atomic mass is 79.9. The molecule has 4 heteroatoms. The van der Waals surface area contributed by atoms with Crippen LogP contribution in [0.4, 0.5) is 0 Å². The van der Waals surface area contributed by atoms with Gasteiger partial charge in [0.25, 0.3) is 0 Å². The van der Waals surface area contributed by atoms with E-state index in [-0.39, 0.29) is 5.92 Å². The topological polar surface area (TPSA) is 44.5 Å². The Hall–Kier alpha value is -0.580.